The number of halogens is 2. The van der Waals surface area contributed by atoms with Gasteiger partial charge in [0.2, 0.25) is 0 Å². The predicted octanol–water partition coefficient (Wildman–Crippen LogP) is 4.44. The minimum absolute atomic E-state index is 0.574. The van der Waals surface area contributed by atoms with Crippen molar-refractivity contribution in [3.8, 4) is 0 Å². The van der Waals surface area contributed by atoms with Gasteiger partial charge in [-0.3, -0.25) is 0 Å². The van der Waals surface area contributed by atoms with E-state index >= 15 is 0 Å². The van der Waals surface area contributed by atoms with Crippen LogP contribution in [-0.2, 0) is 13.0 Å². The molecule has 1 atom stereocenters. The summed E-state index contributed by atoms with van der Waals surface area (Å²) in [6, 6.07) is 4.44. The smallest absolute Gasteiger partial charge is 0.109 e. The molecule has 1 unspecified atom stereocenters. The van der Waals surface area contributed by atoms with Gasteiger partial charge in [0.15, 0.2) is 0 Å². The van der Waals surface area contributed by atoms with E-state index in [1.54, 1.807) is 0 Å². The molecule has 1 aromatic carbocycles. The molecule has 21 heavy (non-hydrogen) atoms. The van der Waals surface area contributed by atoms with Crippen molar-refractivity contribution in [2.75, 3.05) is 6.54 Å². The highest BCUT2D eigenvalue weighted by molar-refractivity contribution is 6.42. The van der Waals surface area contributed by atoms with Crippen molar-refractivity contribution < 1.29 is 0 Å². The molecule has 0 bridgehead atoms. The van der Waals surface area contributed by atoms with Gasteiger partial charge in [-0.1, -0.05) is 36.5 Å². The van der Waals surface area contributed by atoms with Crippen LogP contribution in [-0.4, -0.2) is 22.1 Å². The summed E-state index contributed by atoms with van der Waals surface area (Å²) in [6.07, 6.45) is 5.98. The predicted molar refractivity (Wildman–Crippen MR) is 89.4 cm³/mol. The number of hydrogen-bond donors (Lipinski definition) is 1. The highest BCUT2D eigenvalue weighted by Gasteiger charge is 2.16. The molecule has 0 spiro atoms. The first-order valence-corrected chi connectivity index (χ1v) is 8.52. The van der Waals surface area contributed by atoms with Crippen LogP contribution in [0.15, 0.2) is 12.1 Å². The Kier molecular flexibility index (Phi) is 4.72. The third-order valence-electron chi connectivity index (χ3n) is 4.30. The summed E-state index contributed by atoms with van der Waals surface area (Å²) in [5, 5.41) is 4.78. The first kappa shape index (κ1) is 15.1. The number of piperidine rings is 1. The summed E-state index contributed by atoms with van der Waals surface area (Å²) in [5.74, 6) is 1.11. The highest BCUT2D eigenvalue weighted by Crippen LogP contribution is 2.29. The maximum absolute atomic E-state index is 6.18. The molecule has 0 aliphatic carbocycles. The normalized spacial score (nSPS) is 19.3. The number of rotatable bonds is 4. The Bertz CT molecular complexity index is 630. The van der Waals surface area contributed by atoms with Gasteiger partial charge in [0.1, 0.15) is 5.82 Å². The van der Waals surface area contributed by atoms with Crippen molar-refractivity contribution in [2.45, 2.75) is 51.6 Å². The van der Waals surface area contributed by atoms with E-state index in [0.717, 1.165) is 42.8 Å². The van der Waals surface area contributed by atoms with E-state index in [4.69, 9.17) is 28.2 Å². The fraction of sp³-hybridized carbons (Fsp3) is 0.562. The number of nitrogens with zero attached hydrogens (tertiary/aromatic N) is 2. The van der Waals surface area contributed by atoms with Crippen LogP contribution in [0.1, 0.15) is 38.4 Å². The molecular weight excluding hydrogens is 305 g/mol. The number of nitrogens with one attached hydrogen (secondary N) is 1. The fourth-order valence-electron chi connectivity index (χ4n) is 3.14. The molecule has 1 saturated heterocycles. The van der Waals surface area contributed by atoms with Crippen molar-refractivity contribution in [3.05, 3.63) is 28.0 Å². The maximum Gasteiger partial charge on any atom is 0.109 e. The molecular formula is C16H21Cl2N3. The largest absolute Gasteiger partial charge is 0.328 e. The lowest BCUT2D eigenvalue weighted by Gasteiger charge is -2.24. The molecule has 1 aliphatic rings. The first-order chi connectivity index (χ1) is 10.2. The van der Waals surface area contributed by atoms with Gasteiger partial charge in [-0.2, -0.15) is 0 Å². The van der Waals surface area contributed by atoms with E-state index in [9.17, 15) is 0 Å². The van der Waals surface area contributed by atoms with E-state index in [0.29, 0.717) is 16.1 Å². The van der Waals surface area contributed by atoms with Crippen molar-refractivity contribution in [1.82, 2.24) is 14.9 Å². The molecule has 1 aliphatic heterocycles. The summed E-state index contributed by atoms with van der Waals surface area (Å²) in [5.41, 5.74) is 2.04. The van der Waals surface area contributed by atoms with Crippen LogP contribution in [0.3, 0.4) is 0 Å². The Labute approximate surface area is 135 Å². The van der Waals surface area contributed by atoms with Gasteiger partial charge in [0, 0.05) is 19.0 Å². The monoisotopic (exact) mass is 325 g/mol. The molecule has 5 heteroatoms. The van der Waals surface area contributed by atoms with Crippen molar-refractivity contribution in [3.63, 3.8) is 0 Å². The fourth-order valence-corrected chi connectivity index (χ4v) is 3.46. The van der Waals surface area contributed by atoms with E-state index in [-0.39, 0.29) is 0 Å². The molecule has 2 heterocycles. The third-order valence-corrected chi connectivity index (χ3v) is 5.02. The molecule has 0 saturated carbocycles. The second-order valence-electron chi connectivity index (χ2n) is 5.72. The molecule has 0 amide bonds. The molecule has 3 nitrogen and oxygen atoms in total. The average molecular weight is 326 g/mol. The quantitative estimate of drug-likeness (QED) is 0.900. The number of hydrogen-bond acceptors (Lipinski definition) is 2. The van der Waals surface area contributed by atoms with E-state index in [1.807, 2.05) is 12.1 Å². The van der Waals surface area contributed by atoms with Gasteiger partial charge in [0.05, 0.1) is 21.1 Å². The van der Waals surface area contributed by atoms with Gasteiger partial charge in [0.25, 0.3) is 0 Å². The van der Waals surface area contributed by atoms with Crippen molar-refractivity contribution in [1.29, 1.82) is 0 Å². The van der Waals surface area contributed by atoms with Crippen LogP contribution in [0.4, 0.5) is 0 Å². The lowest BCUT2D eigenvalue weighted by molar-refractivity contribution is 0.366. The molecule has 1 N–H and O–H groups in total. The van der Waals surface area contributed by atoms with Crippen LogP contribution in [0.2, 0.25) is 10.0 Å². The van der Waals surface area contributed by atoms with Gasteiger partial charge >= 0.3 is 0 Å². The van der Waals surface area contributed by atoms with E-state index < -0.39 is 0 Å². The molecule has 1 fully saturated rings. The summed E-state index contributed by atoms with van der Waals surface area (Å²) >= 11 is 12.3. The van der Waals surface area contributed by atoms with Crippen LogP contribution in [0, 0.1) is 0 Å². The number of aryl methyl sites for hydroxylation is 2. The maximum atomic E-state index is 6.18. The van der Waals surface area contributed by atoms with Gasteiger partial charge in [-0.15, -0.1) is 0 Å². The molecule has 3 rings (SSSR count). The lowest BCUT2D eigenvalue weighted by Crippen LogP contribution is -2.34. The highest BCUT2D eigenvalue weighted by atomic mass is 35.5. The number of fused-ring (bicyclic) bond motifs is 1. The molecule has 114 valence electrons. The van der Waals surface area contributed by atoms with Gasteiger partial charge in [-0.25, -0.2) is 4.98 Å². The van der Waals surface area contributed by atoms with Gasteiger partial charge in [-0.05, 0) is 37.9 Å². The summed E-state index contributed by atoms with van der Waals surface area (Å²) < 4.78 is 2.30. The zero-order valence-corrected chi connectivity index (χ0v) is 13.8. The Hall–Kier alpha value is -0.770. The average Bonchev–Trinajstić information content (AvgIpc) is 2.83. The van der Waals surface area contributed by atoms with E-state index in [1.165, 1.54) is 19.3 Å². The van der Waals surface area contributed by atoms with Crippen LogP contribution in [0.5, 0.6) is 0 Å². The minimum Gasteiger partial charge on any atom is -0.328 e. The standard InChI is InChI=1S/C16H21Cl2N3/c1-2-16-20-14-9-12(17)13(18)10-15(14)21(16)8-6-11-5-3-4-7-19-11/h9-11,19H,2-8H2,1H3. The minimum atomic E-state index is 0.574. The second-order valence-corrected chi connectivity index (χ2v) is 6.54. The van der Waals surface area contributed by atoms with Crippen LogP contribution in [0.25, 0.3) is 11.0 Å². The van der Waals surface area contributed by atoms with Gasteiger partial charge < -0.3 is 9.88 Å². The summed E-state index contributed by atoms with van der Waals surface area (Å²) in [7, 11) is 0. The molecule has 2 aromatic rings. The summed E-state index contributed by atoms with van der Waals surface area (Å²) in [4.78, 5) is 4.70. The Morgan fingerprint density at radius 3 is 2.81 bits per heavy atom. The summed E-state index contributed by atoms with van der Waals surface area (Å²) in [6.45, 7) is 4.27. The Morgan fingerprint density at radius 1 is 1.29 bits per heavy atom. The lowest BCUT2D eigenvalue weighted by atomic mass is 10.0. The Balaban J connectivity index is 1.86. The number of imidazole rings is 1. The number of aromatic nitrogens is 2. The Morgan fingerprint density at radius 2 is 2.10 bits per heavy atom. The topological polar surface area (TPSA) is 29.9 Å². The third kappa shape index (κ3) is 3.20. The zero-order chi connectivity index (χ0) is 14.8. The molecule has 0 radical (unpaired) electrons. The number of benzene rings is 1. The van der Waals surface area contributed by atoms with Crippen LogP contribution >= 0.6 is 23.2 Å². The SMILES string of the molecule is CCc1nc2cc(Cl)c(Cl)cc2n1CCC1CCCCN1. The second kappa shape index (κ2) is 6.55. The first-order valence-electron chi connectivity index (χ1n) is 7.76. The van der Waals surface area contributed by atoms with Crippen LogP contribution < -0.4 is 5.32 Å². The molecule has 1 aromatic heterocycles. The van der Waals surface area contributed by atoms with Crippen molar-refractivity contribution >= 4 is 34.2 Å². The van der Waals surface area contributed by atoms with E-state index in [2.05, 4.69) is 16.8 Å². The van der Waals surface area contributed by atoms with Crippen molar-refractivity contribution in [2.24, 2.45) is 0 Å². The zero-order valence-electron chi connectivity index (χ0n) is 12.3.